The molecule has 4 aromatic carbocycles. The summed E-state index contributed by atoms with van der Waals surface area (Å²) in [6.45, 7) is 3.14. The molecule has 6 aromatic heterocycles. The fourth-order valence-corrected chi connectivity index (χ4v) is 11.3. The van der Waals surface area contributed by atoms with Gasteiger partial charge in [0.15, 0.2) is 0 Å². The molecule has 0 spiro atoms. The molecule has 1 aliphatic carbocycles. The highest BCUT2D eigenvalue weighted by Crippen LogP contribution is 2.46. The van der Waals surface area contributed by atoms with Gasteiger partial charge in [-0.25, -0.2) is 0 Å². The molecule has 10 aromatic rings. The van der Waals surface area contributed by atoms with Gasteiger partial charge in [0.2, 0.25) is 6.71 Å². The van der Waals surface area contributed by atoms with Gasteiger partial charge in [-0.3, -0.25) is 29.1 Å². The monoisotopic (exact) mass is 755 g/mol. The molecule has 0 N–H and O–H groups in total. The van der Waals surface area contributed by atoms with Crippen molar-refractivity contribution in [3.63, 3.8) is 0 Å². The molecule has 0 radical (unpaired) electrons. The Morgan fingerprint density at radius 2 is 1.44 bits per heavy atom. The Morgan fingerprint density at radius 1 is 0.678 bits per heavy atom. The van der Waals surface area contributed by atoms with Crippen LogP contribution < -0.4 is 21.6 Å². The first-order valence-electron chi connectivity index (χ1n) is 20.6. The molecular formula is C51H34BN7. The molecule has 2 atom stereocenters. The second-order valence-electron chi connectivity index (χ2n) is 16.6. The van der Waals surface area contributed by atoms with Gasteiger partial charge in [0.05, 0.1) is 38.3 Å². The summed E-state index contributed by atoms with van der Waals surface area (Å²) in [7, 11) is 0. The normalized spacial score (nSPS) is 16.8. The van der Waals surface area contributed by atoms with Crippen LogP contribution in [0.4, 0.5) is 0 Å². The maximum Gasteiger partial charge on any atom is 0.248 e. The lowest BCUT2D eigenvalue weighted by atomic mass is 9.32. The summed E-state index contributed by atoms with van der Waals surface area (Å²) in [5, 5.41) is 3.48. The Kier molecular flexibility index (Phi) is 6.14. The Bertz CT molecular complexity index is 3580. The summed E-state index contributed by atoms with van der Waals surface area (Å²) in [6, 6.07) is 48.4. The molecule has 59 heavy (non-hydrogen) atoms. The van der Waals surface area contributed by atoms with E-state index in [-0.39, 0.29) is 18.5 Å². The smallest absolute Gasteiger partial charge is 0.248 e. The molecule has 0 saturated heterocycles. The Balaban J connectivity index is 1.22. The summed E-state index contributed by atoms with van der Waals surface area (Å²) in [4.78, 5) is 20.8. The average molecular weight is 756 g/mol. The van der Waals surface area contributed by atoms with E-state index in [1.54, 1.807) is 0 Å². The topological polar surface area (TPSA) is 65.8 Å². The van der Waals surface area contributed by atoms with Crippen molar-refractivity contribution in [1.29, 1.82) is 0 Å². The standard InChI is InChI=1S/C51H34BN7/c1-29-28-56-46-41-34-18-9-8-15-31(34)25-35(30-13-4-2-5-14-30)48(41)58-39-26-32(37-19-10-11-22-53-37)27-40-44(39)52(43(29)50(46)58)36-21-24-55-47-42-45-38(20-12-23-54-45)57(33-16-6-3-7-17-33)51(42)59(40)49(36)47/h2-24,26-27,29,35H,25,28H2,1H3. The molecule has 3 aliphatic heterocycles. The van der Waals surface area contributed by atoms with Crippen LogP contribution in [0, 0.1) is 5.92 Å². The molecule has 0 bridgehead atoms. The van der Waals surface area contributed by atoms with Crippen molar-refractivity contribution >= 4 is 56.2 Å². The average Bonchev–Trinajstić information content (AvgIpc) is 3.94. The number of hydrogen-bond acceptors (Lipinski definition) is 4. The molecular weight excluding hydrogens is 721 g/mol. The quantitative estimate of drug-likeness (QED) is 0.175. The van der Waals surface area contributed by atoms with Gasteiger partial charge in [0.1, 0.15) is 11.2 Å². The molecule has 4 aliphatic rings. The minimum atomic E-state index is 0.0118. The van der Waals surface area contributed by atoms with Crippen molar-refractivity contribution < 1.29 is 0 Å². The van der Waals surface area contributed by atoms with Crippen molar-refractivity contribution in [3.8, 4) is 39.4 Å². The lowest BCUT2D eigenvalue weighted by Crippen LogP contribution is -2.59. The van der Waals surface area contributed by atoms with Crippen LogP contribution >= 0.6 is 0 Å². The van der Waals surface area contributed by atoms with Gasteiger partial charge in [0.25, 0.3) is 0 Å². The van der Waals surface area contributed by atoms with Gasteiger partial charge in [-0.1, -0.05) is 91.3 Å². The van der Waals surface area contributed by atoms with E-state index in [1.165, 1.54) is 55.4 Å². The van der Waals surface area contributed by atoms with Crippen LogP contribution in [0.3, 0.4) is 0 Å². The minimum Gasteiger partial charge on any atom is -0.312 e. The Hall–Kier alpha value is -7.32. The SMILES string of the molecule is CC1CN=c2c3c(n4c2=C1B1c2c-4cc(-c4ccccn4)cc2-n2c4c1ccnc4c1c4ncccc4n(-c4ccccc4)c12)C(c1ccccc1)Cc1ccccc1-3. The molecule has 14 rings (SSSR count). The number of nitrogens with zero attached hydrogens (tertiary/aromatic N) is 7. The first-order chi connectivity index (χ1) is 29.2. The maximum atomic E-state index is 5.55. The molecule has 7 nitrogen and oxygen atoms in total. The van der Waals surface area contributed by atoms with E-state index in [0.29, 0.717) is 0 Å². The van der Waals surface area contributed by atoms with Gasteiger partial charge in [-0.15, -0.1) is 0 Å². The number of rotatable bonds is 3. The van der Waals surface area contributed by atoms with E-state index < -0.39 is 0 Å². The fourth-order valence-electron chi connectivity index (χ4n) is 11.3. The number of para-hydroxylation sites is 1. The molecule has 2 unspecified atom stereocenters. The van der Waals surface area contributed by atoms with Crippen LogP contribution in [-0.4, -0.2) is 41.9 Å². The second kappa shape index (κ2) is 11.4. The van der Waals surface area contributed by atoms with E-state index in [1.807, 2.05) is 30.7 Å². The molecule has 0 saturated carbocycles. The summed E-state index contributed by atoms with van der Waals surface area (Å²) < 4.78 is 7.57. The van der Waals surface area contributed by atoms with Crippen LogP contribution in [-0.2, 0) is 6.42 Å². The number of benzene rings is 4. The lowest BCUT2D eigenvalue weighted by Gasteiger charge is -2.37. The summed E-state index contributed by atoms with van der Waals surface area (Å²) in [6.07, 6.45) is 6.77. The third-order valence-corrected chi connectivity index (χ3v) is 13.6. The van der Waals surface area contributed by atoms with Crippen molar-refractivity contribution in [1.82, 2.24) is 28.7 Å². The number of pyridine rings is 3. The van der Waals surface area contributed by atoms with Crippen molar-refractivity contribution in [2.24, 2.45) is 10.9 Å². The van der Waals surface area contributed by atoms with Crippen molar-refractivity contribution in [3.05, 3.63) is 180 Å². The summed E-state index contributed by atoms with van der Waals surface area (Å²) >= 11 is 0. The molecule has 8 heteroatoms. The van der Waals surface area contributed by atoms with Gasteiger partial charge in [-0.2, -0.15) is 0 Å². The predicted octanol–water partition coefficient (Wildman–Crippen LogP) is 7.62. The van der Waals surface area contributed by atoms with Gasteiger partial charge in [0, 0.05) is 64.9 Å². The summed E-state index contributed by atoms with van der Waals surface area (Å²) in [5.41, 5.74) is 21.4. The molecule has 0 amide bonds. The summed E-state index contributed by atoms with van der Waals surface area (Å²) in [5.74, 6) is 0.366. The first-order valence-corrected chi connectivity index (χ1v) is 20.6. The van der Waals surface area contributed by atoms with Crippen LogP contribution in [0.2, 0.25) is 0 Å². The zero-order valence-corrected chi connectivity index (χ0v) is 32.2. The zero-order valence-electron chi connectivity index (χ0n) is 32.2. The zero-order chi connectivity index (χ0) is 38.5. The molecule has 9 heterocycles. The third-order valence-electron chi connectivity index (χ3n) is 13.6. The fraction of sp³-hybridized carbons (Fsp3) is 0.0980. The number of aromatic nitrogens is 6. The maximum absolute atomic E-state index is 5.55. The van der Waals surface area contributed by atoms with Crippen molar-refractivity contribution in [2.75, 3.05) is 6.54 Å². The highest BCUT2D eigenvalue weighted by molar-refractivity contribution is 7.01. The Morgan fingerprint density at radius 3 is 2.29 bits per heavy atom. The van der Waals surface area contributed by atoms with Crippen molar-refractivity contribution in [2.45, 2.75) is 19.3 Å². The van der Waals surface area contributed by atoms with Crippen LogP contribution in [0.25, 0.3) is 78.0 Å². The predicted molar refractivity (Wildman–Crippen MR) is 236 cm³/mol. The molecule has 0 fully saturated rings. The first kappa shape index (κ1) is 31.7. The lowest BCUT2D eigenvalue weighted by molar-refractivity contribution is 0.712. The van der Waals surface area contributed by atoms with E-state index in [2.05, 4.69) is 142 Å². The third kappa shape index (κ3) is 3.98. The Labute approximate surface area is 339 Å². The molecule has 276 valence electrons. The minimum absolute atomic E-state index is 0.0118. The van der Waals surface area contributed by atoms with E-state index in [4.69, 9.17) is 19.9 Å². The van der Waals surface area contributed by atoms with Crippen LogP contribution in [0.1, 0.15) is 29.7 Å². The largest absolute Gasteiger partial charge is 0.312 e. The van der Waals surface area contributed by atoms with Crippen LogP contribution in [0.5, 0.6) is 0 Å². The van der Waals surface area contributed by atoms with Gasteiger partial charge < -0.3 is 4.57 Å². The van der Waals surface area contributed by atoms with Gasteiger partial charge >= 0.3 is 0 Å². The van der Waals surface area contributed by atoms with Crippen LogP contribution in [0.15, 0.2) is 157 Å². The number of hydrogen-bond donors (Lipinski definition) is 0. The highest BCUT2D eigenvalue weighted by Gasteiger charge is 2.46. The second-order valence-corrected chi connectivity index (χ2v) is 16.6. The van der Waals surface area contributed by atoms with E-state index >= 15 is 0 Å². The highest BCUT2D eigenvalue weighted by atomic mass is 15.2. The van der Waals surface area contributed by atoms with Gasteiger partial charge in [-0.05, 0) is 94.6 Å². The number of fused-ring (bicyclic) bond motifs is 14. The van der Waals surface area contributed by atoms with E-state index in [9.17, 15) is 0 Å². The van der Waals surface area contributed by atoms with E-state index in [0.717, 1.165) is 74.1 Å².